The van der Waals surface area contributed by atoms with Crippen molar-refractivity contribution in [1.82, 2.24) is 0 Å². The predicted molar refractivity (Wildman–Crippen MR) is 42.2 cm³/mol. The Hall–Kier alpha value is -1.63. The molecule has 0 aliphatic heterocycles. The predicted octanol–water partition coefficient (Wildman–Crippen LogP) is 4.07. The lowest BCUT2D eigenvalue weighted by Crippen LogP contribution is -2.73. The Kier molecular flexibility index (Phi) is 4.84. The molecule has 22 heavy (non-hydrogen) atoms. The molecule has 0 N–H and O–H groups in total. The van der Waals surface area contributed by atoms with E-state index in [1.165, 1.54) is 0 Å². The molecule has 0 aromatic carbocycles. The van der Waals surface area contributed by atoms with Gasteiger partial charge < -0.3 is 4.74 Å². The summed E-state index contributed by atoms with van der Waals surface area (Å²) in [5.74, 6) is -13.8. The van der Waals surface area contributed by atoms with Crippen molar-refractivity contribution in [2.24, 2.45) is 0 Å². The molecule has 0 saturated carbocycles. The van der Waals surface area contributed by atoms with E-state index in [4.69, 9.17) is 0 Å². The minimum atomic E-state index is -7.67. The third-order valence-electron chi connectivity index (χ3n) is 2.06. The average Bonchev–Trinajstić information content (AvgIpc) is 2.19. The van der Waals surface area contributed by atoms with Gasteiger partial charge in [0.25, 0.3) is 0 Å². The number of carbonyl (C=O) groups is 1. The van der Waals surface area contributed by atoms with Crippen molar-refractivity contribution in [1.29, 1.82) is 0 Å². The number of hydrogen-bond acceptors (Lipinski definition) is 2. The van der Waals surface area contributed by atoms with Crippen LogP contribution in [-0.4, -0.2) is 36.0 Å². The molecule has 0 aromatic heterocycles. The maximum absolute atomic E-state index is 12.9. The second kappa shape index (κ2) is 5.22. The van der Waals surface area contributed by atoms with Crippen LogP contribution in [0, 0.1) is 0 Å². The first-order chi connectivity index (χ1) is 9.33. The Bertz CT molecular complexity index is 439. The third-order valence-corrected chi connectivity index (χ3v) is 2.06. The van der Waals surface area contributed by atoms with Gasteiger partial charge in [0, 0.05) is 0 Å². The van der Waals surface area contributed by atoms with Gasteiger partial charge in [0.15, 0.2) is 0 Å². The van der Waals surface area contributed by atoms with Crippen LogP contribution in [0.5, 0.6) is 0 Å². The van der Waals surface area contributed by atoms with Crippen LogP contribution in [0.25, 0.3) is 0 Å². The van der Waals surface area contributed by atoms with Crippen LogP contribution < -0.4 is 0 Å². The summed E-state index contributed by atoms with van der Waals surface area (Å²) in [7, 11) is 0. The van der Waals surface area contributed by atoms with E-state index >= 15 is 0 Å². The quantitative estimate of drug-likeness (QED) is 0.432. The van der Waals surface area contributed by atoms with Gasteiger partial charge in [-0.05, 0) is 0 Å². The number of ether oxygens (including phenoxy) is 1. The number of carbonyl (C=O) groups excluding carboxylic acids is 1. The Morgan fingerprint density at radius 3 is 1.23 bits per heavy atom. The van der Waals surface area contributed by atoms with E-state index in [0.717, 1.165) is 0 Å². The van der Waals surface area contributed by atoms with Crippen molar-refractivity contribution in [2.75, 3.05) is 0 Å². The monoisotopic (exact) mass is 358 g/mol. The van der Waals surface area contributed by atoms with Gasteiger partial charge in [-0.2, -0.15) is 52.7 Å². The maximum Gasteiger partial charge on any atom is 0.458 e. The summed E-state index contributed by atoms with van der Waals surface area (Å²) in [5.41, 5.74) is -7.35. The highest BCUT2D eigenvalue weighted by Gasteiger charge is 2.92. The Balaban J connectivity index is 6.65. The molecule has 0 unspecified atom stereocenters. The first-order valence-corrected chi connectivity index (χ1v) is 4.48. The molecule has 0 heterocycles. The number of hydrogen-bond donors (Lipinski definition) is 0. The first kappa shape index (κ1) is 20.4. The molecule has 0 amide bonds. The van der Waals surface area contributed by atoms with Gasteiger partial charge in [-0.3, -0.25) is 0 Å². The standard InChI is InChI=1S/C8H2F12O2/c1-2(9)3(21)22-4(6(12,13)14,7(15,16)17)5(10,11)8(18,19)20/h1H2. The molecule has 0 saturated heterocycles. The zero-order valence-corrected chi connectivity index (χ0v) is 9.56. The second-order valence-electron chi connectivity index (χ2n) is 3.54. The van der Waals surface area contributed by atoms with Crippen LogP contribution in [0.4, 0.5) is 52.7 Å². The molecule has 0 aromatic rings. The Labute approximate surface area is 112 Å². The molecular weight excluding hydrogens is 356 g/mol. The summed E-state index contributed by atoms with van der Waals surface area (Å²) < 4.78 is 150. The molecule has 0 fully saturated rings. The van der Waals surface area contributed by atoms with E-state index in [0.29, 0.717) is 0 Å². The van der Waals surface area contributed by atoms with Gasteiger partial charge >= 0.3 is 36.0 Å². The van der Waals surface area contributed by atoms with Crippen molar-refractivity contribution in [3.8, 4) is 0 Å². The van der Waals surface area contributed by atoms with Gasteiger partial charge in [-0.15, -0.1) is 0 Å². The number of esters is 1. The number of halogens is 12. The SMILES string of the molecule is C=C(F)C(=O)OC(C(F)(F)F)(C(F)(F)F)C(F)(F)C(F)(F)F. The third kappa shape index (κ3) is 2.95. The lowest BCUT2D eigenvalue weighted by molar-refractivity contribution is -0.462. The highest BCUT2D eigenvalue weighted by Crippen LogP contribution is 2.59. The minimum Gasteiger partial charge on any atom is -0.428 e. The van der Waals surface area contributed by atoms with Crippen molar-refractivity contribution >= 4 is 5.97 Å². The fourth-order valence-electron chi connectivity index (χ4n) is 1.09. The lowest BCUT2D eigenvalue weighted by atomic mass is 9.92. The van der Waals surface area contributed by atoms with E-state index in [1.807, 2.05) is 6.58 Å². The summed E-state index contributed by atoms with van der Waals surface area (Å²) in [4.78, 5) is 10.4. The smallest absolute Gasteiger partial charge is 0.428 e. The van der Waals surface area contributed by atoms with Crippen LogP contribution in [0.2, 0.25) is 0 Å². The summed E-state index contributed by atoms with van der Waals surface area (Å²) in [6.07, 6.45) is -22.4. The van der Waals surface area contributed by atoms with Crippen molar-refractivity contribution < 1.29 is 62.2 Å². The molecule has 0 spiro atoms. The lowest BCUT2D eigenvalue weighted by Gasteiger charge is -2.41. The van der Waals surface area contributed by atoms with Gasteiger partial charge in [-0.1, -0.05) is 6.58 Å². The van der Waals surface area contributed by atoms with Gasteiger partial charge in [-0.25, -0.2) is 4.79 Å². The summed E-state index contributed by atoms with van der Waals surface area (Å²) >= 11 is 0. The van der Waals surface area contributed by atoms with E-state index in [2.05, 4.69) is 4.74 Å². The molecule has 2 nitrogen and oxygen atoms in total. The van der Waals surface area contributed by atoms with Crippen LogP contribution in [0.15, 0.2) is 12.4 Å². The van der Waals surface area contributed by atoms with E-state index in [-0.39, 0.29) is 0 Å². The van der Waals surface area contributed by atoms with Crippen LogP contribution >= 0.6 is 0 Å². The summed E-state index contributed by atoms with van der Waals surface area (Å²) in [6, 6.07) is 0. The molecule has 0 aliphatic carbocycles. The number of rotatable bonds is 3. The molecule has 130 valence electrons. The fraction of sp³-hybridized carbons (Fsp3) is 0.625. The van der Waals surface area contributed by atoms with Crippen molar-refractivity contribution in [2.45, 2.75) is 30.1 Å². The molecule has 0 bridgehead atoms. The minimum absolute atomic E-state index is 1.85. The Morgan fingerprint density at radius 1 is 0.727 bits per heavy atom. The van der Waals surface area contributed by atoms with Gasteiger partial charge in [0.1, 0.15) is 0 Å². The average molecular weight is 358 g/mol. The Morgan fingerprint density at radius 2 is 1.05 bits per heavy atom. The summed E-state index contributed by atoms with van der Waals surface area (Å²) in [6.45, 7) is 1.85. The summed E-state index contributed by atoms with van der Waals surface area (Å²) in [5, 5.41) is 0. The van der Waals surface area contributed by atoms with Crippen LogP contribution in [0.3, 0.4) is 0 Å². The van der Waals surface area contributed by atoms with Crippen molar-refractivity contribution in [3.63, 3.8) is 0 Å². The first-order valence-electron chi connectivity index (χ1n) is 4.48. The molecule has 0 aliphatic rings. The maximum atomic E-state index is 12.9. The van der Waals surface area contributed by atoms with Crippen LogP contribution in [0.1, 0.15) is 0 Å². The van der Waals surface area contributed by atoms with E-state index < -0.39 is 41.8 Å². The fourth-order valence-corrected chi connectivity index (χ4v) is 1.09. The zero-order valence-electron chi connectivity index (χ0n) is 9.56. The zero-order chi connectivity index (χ0) is 18.4. The topological polar surface area (TPSA) is 26.3 Å². The normalized spacial score (nSPS) is 14.7. The van der Waals surface area contributed by atoms with E-state index in [9.17, 15) is 57.5 Å². The molecule has 0 rings (SSSR count). The molecule has 14 heteroatoms. The highest BCUT2D eigenvalue weighted by molar-refractivity contribution is 5.85. The highest BCUT2D eigenvalue weighted by atomic mass is 19.4. The number of alkyl halides is 11. The second-order valence-corrected chi connectivity index (χ2v) is 3.54. The molecular formula is C8H2F12O2. The molecule has 0 radical (unpaired) electrons. The van der Waals surface area contributed by atoms with Crippen LogP contribution in [-0.2, 0) is 9.53 Å². The van der Waals surface area contributed by atoms with Gasteiger partial charge in [0.2, 0.25) is 5.83 Å². The van der Waals surface area contributed by atoms with Gasteiger partial charge in [0.05, 0.1) is 0 Å². The molecule has 0 atom stereocenters. The van der Waals surface area contributed by atoms with Crippen molar-refractivity contribution in [3.05, 3.63) is 12.4 Å². The van der Waals surface area contributed by atoms with E-state index in [1.54, 1.807) is 0 Å². The largest absolute Gasteiger partial charge is 0.458 e.